The standard InChI is InChI=1S/C16H23NO4/c1-19-14-3-4-15(20-2)13(11-14)5-8-17-16(18)12-6-9-21-10-7-12/h3-4,11-12H,5-10H2,1-2H3,(H,17,18). The van der Waals surface area contributed by atoms with Crippen molar-refractivity contribution in [2.24, 2.45) is 5.92 Å². The molecule has 21 heavy (non-hydrogen) atoms. The second-order valence-corrected chi connectivity index (χ2v) is 5.11. The summed E-state index contributed by atoms with van der Waals surface area (Å²) in [5.41, 5.74) is 1.03. The maximum absolute atomic E-state index is 12.0. The Morgan fingerprint density at radius 3 is 2.71 bits per heavy atom. The monoisotopic (exact) mass is 293 g/mol. The van der Waals surface area contributed by atoms with Crippen molar-refractivity contribution in [2.75, 3.05) is 34.0 Å². The van der Waals surface area contributed by atoms with Crippen LogP contribution in [0.5, 0.6) is 11.5 Å². The van der Waals surface area contributed by atoms with Gasteiger partial charge in [0.1, 0.15) is 11.5 Å². The molecule has 0 aliphatic carbocycles. The van der Waals surface area contributed by atoms with E-state index in [4.69, 9.17) is 14.2 Å². The van der Waals surface area contributed by atoms with E-state index in [9.17, 15) is 4.79 Å². The van der Waals surface area contributed by atoms with E-state index < -0.39 is 0 Å². The number of nitrogens with one attached hydrogen (secondary N) is 1. The number of hydrogen-bond donors (Lipinski definition) is 1. The maximum Gasteiger partial charge on any atom is 0.223 e. The van der Waals surface area contributed by atoms with E-state index in [0.717, 1.165) is 36.3 Å². The summed E-state index contributed by atoms with van der Waals surface area (Å²) in [5, 5.41) is 3.00. The van der Waals surface area contributed by atoms with Crippen molar-refractivity contribution in [3.63, 3.8) is 0 Å². The molecule has 0 atom stereocenters. The van der Waals surface area contributed by atoms with E-state index in [1.165, 1.54) is 0 Å². The highest BCUT2D eigenvalue weighted by Crippen LogP contribution is 2.24. The van der Waals surface area contributed by atoms with Gasteiger partial charge >= 0.3 is 0 Å². The number of amides is 1. The largest absolute Gasteiger partial charge is 0.497 e. The van der Waals surface area contributed by atoms with Crippen LogP contribution < -0.4 is 14.8 Å². The van der Waals surface area contributed by atoms with Crippen molar-refractivity contribution in [1.29, 1.82) is 0 Å². The van der Waals surface area contributed by atoms with Gasteiger partial charge in [0.05, 0.1) is 14.2 Å². The van der Waals surface area contributed by atoms with Crippen LogP contribution in [0.15, 0.2) is 18.2 Å². The molecule has 0 spiro atoms. The first-order valence-corrected chi connectivity index (χ1v) is 7.31. The van der Waals surface area contributed by atoms with Gasteiger partial charge in [-0.25, -0.2) is 0 Å². The van der Waals surface area contributed by atoms with E-state index in [1.54, 1.807) is 14.2 Å². The summed E-state index contributed by atoms with van der Waals surface area (Å²) < 4.78 is 15.8. The minimum absolute atomic E-state index is 0.0888. The van der Waals surface area contributed by atoms with Gasteiger partial charge in [0.2, 0.25) is 5.91 Å². The Bertz CT molecular complexity index is 469. The fourth-order valence-electron chi connectivity index (χ4n) is 2.50. The maximum atomic E-state index is 12.0. The Morgan fingerprint density at radius 2 is 2.05 bits per heavy atom. The van der Waals surface area contributed by atoms with E-state index in [0.29, 0.717) is 19.8 Å². The van der Waals surface area contributed by atoms with Crippen LogP contribution in [0.1, 0.15) is 18.4 Å². The third-order valence-corrected chi connectivity index (χ3v) is 3.77. The first kappa shape index (κ1) is 15.6. The highest BCUT2D eigenvalue weighted by atomic mass is 16.5. The van der Waals surface area contributed by atoms with E-state index in [-0.39, 0.29) is 11.8 Å². The molecule has 0 radical (unpaired) electrons. The van der Waals surface area contributed by atoms with Crippen LogP contribution in [0.3, 0.4) is 0 Å². The van der Waals surface area contributed by atoms with Crippen molar-refractivity contribution in [2.45, 2.75) is 19.3 Å². The van der Waals surface area contributed by atoms with Gasteiger partial charge in [0, 0.05) is 25.7 Å². The molecule has 116 valence electrons. The zero-order valence-electron chi connectivity index (χ0n) is 12.7. The summed E-state index contributed by atoms with van der Waals surface area (Å²) in [6.45, 7) is 1.96. The zero-order valence-corrected chi connectivity index (χ0v) is 12.7. The third kappa shape index (κ3) is 4.36. The second kappa shape index (κ2) is 7.88. The van der Waals surface area contributed by atoms with Crippen molar-refractivity contribution in [1.82, 2.24) is 5.32 Å². The lowest BCUT2D eigenvalue weighted by Gasteiger charge is -2.21. The molecule has 0 aromatic heterocycles. The fraction of sp³-hybridized carbons (Fsp3) is 0.562. The molecule has 1 amide bonds. The number of benzene rings is 1. The highest BCUT2D eigenvalue weighted by molar-refractivity contribution is 5.78. The van der Waals surface area contributed by atoms with E-state index in [1.807, 2.05) is 18.2 Å². The molecule has 1 aromatic rings. The van der Waals surface area contributed by atoms with Crippen molar-refractivity contribution >= 4 is 5.91 Å². The van der Waals surface area contributed by atoms with Gasteiger partial charge in [0.15, 0.2) is 0 Å². The van der Waals surface area contributed by atoms with Gasteiger partial charge in [-0.15, -0.1) is 0 Å². The molecule has 1 aliphatic rings. The third-order valence-electron chi connectivity index (χ3n) is 3.77. The van der Waals surface area contributed by atoms with E-state index in [2.05, 4.69) is 5.32 Å². The molecule has 5 nitrogen and oxygen atoms in total. The number of rotatable bonds is 6. The van der Waals surface area contributed by atoms with Crippen LogP contribution in [0, 0.1) is 5.92 Å². The molecule has 1 fully saturated rings. The number of methoxy groups -OCH3 is 2. The fourth-order valence-corrected chi connectivity index (χ4v) is 2.50. The van der Waals surface area contributed by atoms with Gasteiger partial charge in [-0.3, -0.25) is 4.79 Å². The Hall–Kier alpha value is -1.75. The Kier molecular flexibility index (Phi) is 5.87. The molecular formula is C16H23NO4. The van der Waals surface area contributed by atoms with Crippen LogP contribution in [0.4, 0.5) is 0 Å². The Morgan fingerprint density at radius 1 is 1.29 bits per heavy atom. The lowest BCUT2D eigenvalue weighted by atomic mass is 9.99. The summed E-state index contributed by atoms with van der Waals surface area (Å²) in [5.74, 6) is 1.82. The molecule has 1 saturated heterocycles. The summed E-state index contributed by atoms with van der Waals surface area (Å²) in [7, 11) is 3.28. The first-order valence-electron chi connectivity index (χ1n) is 7.31. The molecule has 1 aliphatic heterocycles. The summed E-state index contributed by atoms with van der Waals surface area (Å²) in [4.78, 5) is 12.0. The number of hydrogen-bond acceptors (Lipinski definition) is 4. The lowest BCUT2D eigenvalue weighted by molar-refractivity contribution is -0.127. The number of carbonyl (C=O) groups is 1. The van der Waals surface area contributed by atoms with Crippen molar-refractivity contribution in [3.05, 3.63) is 23.8 Å². The average molecular weight is 293 g/mol. The van der Waals surface area contributed by atoms with Crippen molar-refractivity contribution in [3.8, 4) is 11.5 Å². The number of carbonyl (C=O) groups excluding carboxylic acids is 1. The molecule has 0 unspecified atom stereocenters. The molecular weight excluding hydrogens is 270 g/mol. The van der Waals surface area contributed by atoms with Gasteiger partial charge < -0.3 is 19.5 Å². The van der Waals surface area contributed by atoms with Gasteiger partial charge in [0.25, 0.3) is 0 Å². The SMILES string of the molecule is COc1ccc(OC)c(CCNC(=O)C2CCOCC2)c1. The zero-order chi connectivity index (χ0) is 15.1. The second-order valence-electron chi connectivity index (χ2n) is 5.11. The molecule has 1 heterocycles. The van der Waals surface area contributed by atoms with Crippen LogP contribution in [0.2, 0.25) is 0 Å². The average Bonchev–Trinajstić information content (AvgIpc) is 2.55. The number of ether oxygens (including phenoxy) is 3. The molecule has 2 rings (SSSR count). The molecule has 0 saturated carbocycles. The van der Waals surface area contributed by atoms with Crippen molar-refractivity contribution < 1.29 is 19.0 Å². The van der Waals surface area contributed by atoms with Gasteiger partial charge in [-0.1, -0.05) is 0 Å². The quantitative estimate of drug-likeness (QED) is 0.869. The lowest BCUT2D eigenvalue weighted by Crippen LogP contribution is -2.35. The minimum Gasteiger partial charge on any atom is -0.497 e. The Balaban J connectivity index is 1.86. The predicted molar refractivity (Wildman–Crippen MR) is 79.8 cm³/mol. The topological polar surface area (TPSA) is 56.8 Å². The normalized spacial score (nSPS) is 15.5. The Labute approximate surface area is 125 Å². The predicted octanol–water partition coefficient (Wildman–Crippen LogP) is 1.79. The summed E-state index contributed by atoms with van der Waals surface area (Å²) in [6, 6.07) is 5.69. The summed E-state index contributed by atoms with van der Waals surface area (Å²) >= 11 is 0. The van der Waals surface area contributed by atoms with Gasteiger partial charge in [-0.05, 0) is 43.0 Å². The molecule has 5 heteroatoms. The van der Waals surface area contributed by atoms with E-state index >= 15 is 0 Å². The molecule has 1 aromatic carbocycles. The van der Waals surface area contributed by atoms with Crippen LogP contribution in [-0.4, -0.2) is 39.9 Å². The summed E-state index contributed by atoms with van der Waals surface area (Å²) in [6.07, 6.45) is 2.35. The van der Waals surface area contributed by atoms with Gasteiger partial charge in [-0.2, -0.15) is 0 Å². The highest BCUT2D eigenvalue weighted by Gasteiger charge is 2.21. The van der Waals surface area contributed by atoms with Crippen LogP contribution in [-0.2, 0) is 16.0 Å². The smallest absolute Gasteiger partial charge is 0.223 e. The van der Waals surface area contributed by atoms with Crippen LogP contribution >= 0.6 is 0 Å². The minimum atomic E-state index is 0.0888. The first-order chi connectivity index (χ1) is 10.2. The molecule has 1 N–H and O–H groups in total. The van der Waals surface area contributed by atoms with Crippen LogP contribution in [0.25, 0.3) is 0 Å². The molecule has 0 bridgehead atoms.